The third-order valence-corrected chi connectivity index (χ3v) is 3.42. The maximum atomic E-state index is 9.94. The predicted molar refractivity (Wildman–Crippen MR) is 65.5 cm³/mol. The Kier molecular flexibility index (Phi) is 4.94. The number of nitrogens with zero attached hydrogens (tertiary/aromatic N) is 3. The molecule has 0 saturated heterocycles. The Morgan fingerprint density at radius 3 is 3.00 bits per heavy atom. The van der Waals surface area contributed by atoms with Crippen LogP contribution in [-0.4, -0.2) is 38.8 Å². The molecular weight excluding hydrogens is 216 g/mol. The van der Waals surface area contributed by atoms with Crippen LogP contribution in [0, 0.1) is 0 Å². The van der Waals surface area contributed by atoms with Crippen LogP contribution in [0.1, 0.15) is 38.5 Å². The molecule has 1 fully saturated rings. The van der Waals surface area contributed by atoms with Crippen LogP contribution in [0.2, 0.25) is 0 Å². The van der Waals surface area contributed by atoms with Gasteiger partial charge in [0.1, 0.15) is 0 Å². The Morgan fingerprint density at radius 1 is 1.29 bits per heavy atom. The first kappa shape index (κ1) is 12.5. The van der Waals surface area contributed by atoms with Gasteiger partial charge in [-0.3, -0.25) is 4.68 Å². The van der Waals surface area contributed by atoms with Crippen LogP contribution in [0.25, 0.3) is 0 Å². The van der Waals surface area contributed by atoms with Crippen molar-refractivity contribution in [1.29, 1.82) is 0 Å². The molecule has 0 aromatic carbocycles. The zero-order chi connectivity index (χ0) is 11.9. The molecular formula is C12H22N4O. The number of aromatic nitrogens is 3. The predicted octanol–water partition coefficient (Wildman–Crippen LogP) is 0.951. The molecule has 1 aromatic rings. The Labute approximate surface area is 102 Å². The molecule has 0 radical (unpaired) electrons. The van der Waals surface area contributed by atoms with E-state index >= 15 is 0 Å². The number of hydrogen-bond acceptors (Lipinski definition) is 4. The second-order valence-electron chi connectivity index (χ2n) is 4.79. The highest BCUT2D eigenvalue weighted by Crippen LogP contribution is 2.17. The van der Waals surface area contributed by atoms with E-state index in [9.17, 15) is 5.11 Å². The summed E-state index contributed by atoms with van der Waals surface area (Å²) in [6.07, 6.45) is 10.1. The summed E-state index contributed by atoms with van der Waals surface area (Å²) in [4.78, 5) is 0. The number of aliphatic hydroxyl groups is 1. The van der Waals surface area contributed by atoms with E-state index < -0.39 is 0 Å². The van der Waals surface area contributed by atoms with Gasteiger partial charge in [-0.1, -0.05) is 24.5 Å². The maximum absolute atomic E-state index is 9.94. The number of nitrogens with one attached hydrogen (secondary N) is 1. The fraction of sp³-hybridized carbons (Fsp3) is 0.833. The Hall–Kier alpha value is -0.940. The molecule has 2 rings (SSSR count). The van der Waals surface area contributed by atoms with Gasteiger partial charge in [0.05, 0.1) is 12.3 Å². The first-order valence-electron chi connectivity index (χ1n) is 6.62. The molecule has 5 heteroatoms. The molecule has 1 heterocycles. The molecule has 96 valence electrons. The van der Waals surface area contributed by atoms with Crippen molar-refractivity contribution in [3.8, 4) is 0 Å². The molecule has 0 bridgehead atoms. The molecule has 1 aromatic heterocycles. The second kappa shape index (κ2) is 6.71. The van der Waals surface area contributed by atoms with Crippen molar-refractivity contribution in [3.63, 3.8) is 0 Å². The fourth-order valence-electron chi connectivity index (χ4n) is 2.41. The normalized spacial score (nSPS) is 25.7. The molecule has 2 atom stereocenters. The number of hydrogen-bond donors (Lipinski definition) is 2. The van der Waals surface area contributed by atoms with Gasteiger partial charge in [-0.15, -0.1) is 5.10 Å². The van der Waals surface area contributed by atoms with E-state index in [1.807, 2.05) is 10.9 Å². The minimum Gasteiger partial charge on any atom is -0.392 e. The summed E-state index contributed by atoms with van der Waals surface area (Å²) in [7, 11) is 0. The molecule has 1 saturated carbocycles. The molecule has 1 aliphatic carbocycles. The highest BCUT2D eigenvalue weighted by atomic mass is 16.3. The quantitative estimate of drug-likeness (QED) is 0.592. The lowest BCUT2D eigenvalue weighted by atomic mass is 10.1. The average molecular weight is 238 g/mol. The zero-order valence-electron chi connectivity index (χ0n) is 10.3. The van der Waals surface area contributed by atoms with E-state index in [0.717, 1.165) is 38.8 Å². The monoisotopic (exact) mass is 238 g/mol. The summed E-state index contributed by atoms with van der Waals surface area (Å²) in [6, 6.07) is 0.285. The van der Waals surface area contributed by atoms with Gasteiger partial charge in [-0.25, -0.2) is 0 Å². The van der Waals surface area contributed by atoms with Crippen LogP contribution in [0.3, 0.4) is 0 Å². The lowest BCUT2D eigenvalue weighted by Gasteiger charge is -2.21. The Morgan fingerprint density at radius 2 is 2.18 bits per heavy atom. The molecule has 0 amide bonds. The first-order chi connectivity index (χ1) is 8.36. The van der Waals surface area contributed by atoms with Gasteiger partial charge < -0.3 is 10.4 Å². The van der Waals surface area contributed by atoms with Crippen molar-refractivity contribution in [1.82, 2.24) is 20.3 Å². The first-order valence-corrected chi connectivity index (χ1v) is 6.62. The molecule has 2 N–H and O–H groups in total. The van der Waals surface area contributed by atoms with Crippen molar-refractivity contribution < 1.29 is 5.11 Å². The topological polar surface area (TPSA) is 63.0 Å². The third kappa shape index (κ3) is 4.09. The summed E-state index contributed by atoms with van der Waals surface area (Å²) in [5, 5.41) is 21.1. The molecule has 1 aliphatic rings. The molecule has 17 heavy (non-hydrogen) atoms. The van der Waals surface area contributed by atoms with E-state index in [0.29, 0.717) is 0 Å². The van der Waals surface area contributed by atoms with Crippen molar-refractivity contribution >= 4 is 0 Å². The van der Waals surface area contributed by atoms with Gasteiger partial charge in [-0.05, 0) is 25.8 Å². The van der Waals surface area contributed by atoms with Crippen LogP contribution >= 0.6 is 0 Å². The van der Waals surface area contributed by atoms with Crippen LogP contribution in [0.5, 0.6) is 0 Å². The lowest BCUT2D eigenvalue weighted by Crippen LogP contribution is -2.39. The molecule has 0 aliphatic heterocycles. The Bertz CT molecular complexity index is 301. The van der Waals surface area contributed by atoms with Gasteiger partial charge in [0.15, 0.2) is 0 Å². The van der Waals surface area contributed by atoms with Gasteiger partial charge in [-0.2, -0.15) is 0 Å². The zero-order valence-corrected chi connectivity index (χ0v) is 10.3. The highest BCUT2D eigenvalue weighted by molar-refractivity contribution is 4.78. The second-order valence-corrected chi connectivity index (χ2v) is 4.79. The van der Waals surface area contributed by atoms with Crippen molar-refractivity contribution in [3.05, 3.63) is 12.4 Å². The van der Waals surface area contributed by atoms with E-state index in [4.69, 9.17) is 0 Å². The number of aryl methyl sites for hydroxylation is 1. The van der Waals surface area contributed by atoms with Gasteiger partial charge in [0, 0.05) is 18.8 Å². The summed E-state index contributed by atoms with van der Waals surface area (Å²) in [5.74, 6) is 0. The summed E-state index contributed by atoms with van der Waals surface area (Å²) >= 11 is 0. The number of rotatable bonds is 5. The summed E-state index contributed by atoms with van der Waals surface area (Å²) < 4.78 is 1.84. The van der Waals surface area contributed by atoms with Gasteiger partial charge in [0.2, 0.25) is 0 Å². The molecule has 0 spiro atoms. The fourth-order valence-corrected chi connectivity index (χ4v) is 2.41. The number of aliphatic hydroxyl groups excluding tert-OH is 1. The van der Waals surface area contributed by atoms with Crippen LogP contribution in [0.15, 0.2) is 12.4 Å². The Balaban J connectivity index is 1.63. The van der Waals surface area contributed by atoms with Gasteiger partial charge in [0.25, 0.3) is 0 Å². The van der Waals surface area contributed by atoms with Crippen LogP contribution in [0.4, 0.5) is 0 Å². The minimum absolute atomic E-state index is 0.163. The van der Waals surface area contributed by atoms with Gasteiger partial charge >= 0.3 is 0 Å². The van der Waals surface area contributed by atoms with Crippen molar-refractivity contribution in [2.75, 3.05) is 6.54 Å². The highest BCUT2D eigenvalue weighted by Gasteiger charge is 2.20. The minimum atomic E-state index is -0.163. The molecule has 2 unspecified atom stereocenters. The lowest BCUT2D eigenvalue weighted by molar-refractivity contribution is 0.120. The van der Waals surface area contributed by atoms with Crippen LogP contribution < -0.4 is 5.32 Å². The molecule has 5 nitrogen and oxygen atoms in total. The van der Waals surface area contributed by atoms with Crippen molar-refractivity contribution in [2.45, 2.75) is 57.2 Å². The van der Waals surface area contributed by atoms with E-state index in [2.05, 4.69) is 15.6 Å². The summed E-state index contributed by atoms with van der Waals surface area (Å²) in [6.45, 7) is 1.82. The summed E-state index contributed by atoms with van der Waals surface area (Å²) in [5.41, 5.74) is 0. The average Bonchev–Trinajstić information content (AvgIpc) is 2.76. The third-order valence-electron chi connectivity index (χ3n) is 3.42. The smallest absolute Gasteiger partial charge is 0.0693 e. The van der Waals surface area contributed by atoms with Crippen LogP contribution in [-0.2, 0) is 6.54 Å². The standard InChI is InChI=1S/C12H22N4O/c17-12-6-3-1-2-5-11(12)13-7-4-9-16-10-8-14-15-16/h8,10-13,17H,1-7,9H2. The maximum Gasteiger partial charge on any atom is 0.0693 e. The largest absolute Gasteiger partial charge is 0.392 e. The van der Waals surface area contributed by atoms with E-state index in [-0.39, 0.29) is 12.1 Å². The van der Waals surface area contributed by atoms with E-state index in [1.165, 1.54) is 12.8 Å². The van der Waals surface area contributed by atoms with Crippen molar-refractivity contribution in [2.24, 2.45) is 0 Å². The van der Waals surface area contributed by atoms with E-state index in [1.54, 1.807) is 6.20 Å². The SMILES string of the molecule is OC1CCCCCC1NCCCn1ccnn1.